The molecular formula is C17H26N4OS. The molecule has 1 N–H and O–H groups in total. The number of carbonyl (C=O) groups is 1. The number of carbonyl (C=O) groups excluding carboxylic acids is 1. The van der Waals surface area contributed by atoms with Gasteiger partial charge >= 0.3 is 0 Å². The largest absolute Gasteiger partial charge is 0.343 e. The van der Waals surface area contributed by atoms with E-state index in [9.17, 15) is 4.79 Å². The summed E-state index contributed by atoms with van der Waals surface area (Å²) in [7, 11) is 3.93. The molecule has 1 aromatic carbocycles. The molecule has 0 aromatic heterocycles. The molecule has 0 bridgehead atoms. The first-order valence-electron chi connectivity index (χ1n) is 7.92. The summed E-state index contributed by atoms with van der Waals surface area (Å²) in [5.41, 5.74) is 3.34. The van der Waals surface area contributed by atoms with Crippen LogP contribution in [-0.2, 0) is 4.79 Å². The maximum atomic E-state index is 12.4. The molecule has 0 unspecified atom stereocenters. The number of aryl methyl sites for hydroxylation is 2. The maximum absolute atomic E-state index is 12.4. The van der Waals surface area contributed by atoms with Crippen molar-refractivity contribution in [1.82, 2.24) is 14.7 Å². The second-order valence-corrected chi connectivity index (χ2v) is 6.73. The number of thiocarbonyl (C=S) groups is 1. The molecule has 1 aromatic rings. The van der Waals surface area contributed by atoms with Gasteiger partial charge in [0.15, 0.2) is 5.11 Å². The number of nitrogens with one attached hydrogen (secondary N) is 1. The summed E-state index contributed by atoms with van der Waals surface area (Å²) in [6, 6.07) is 6.22. The minimum atomic E-state index is 0.130. The van der Waals surface area contributed by atoms with Crippen LogP contribution < -0.4 is 5.32 Å². The second-order valence-electron chi connectivity index (χ2n) is 6.35. The standard InChI is InChI=1S/C17H26N4OS/c1-13-9-14(2)11-15(10-13)18-17(23)20(4)12-16(22)21-7-5-19(3)6-8-21/h9-11H,5-8,12H2,1-4H3,(H,18,23). The van der Waals surface area contributed by atoms with E-state index in [0.717, 1.165) is 31.9 Å². The Morgan fingerprint density at radius 3 is 2.30 bits per heavy atom. The van der Waals surface area contributed by atoms with E-state index in [1.165, 1.54) is 11.1 Å². The zero-order valence-electron chi connectivity index (χ0n) is 14.4. The Morgan fingerprint density at radius 1 is 1.17 bits per heavy atom. The predicted octanol–water partition coefficient (Wildman–Crippen LogP) is 1.71. The molecule has 0 radical (unpaired) electrons. The zero-order valence-corrected chi connectivity index (χ0v) is 15.2. The van der Waals surface area contributed by atoms with Crippen LogP contribution in [0.4, 0.5) is 5.69 Å². The predicted molar refractivity (Wildman–Crippen MR) is 98.8 cm³/mol. The number of likely N-dealkylation sites (N-methyl/N-ethyl adjacent to an activating group) is 2. The Balaban J connectivity index is 1.88. The van der Waals surface area contributed by atoms with Gasteiger partial charge in [-0.25, -0.2) is 0 Å². The molecular weight excluding hydrogens is 308 g/mol. The summed E-state index contributed by atoms with van der Waals surface area (Å²) in [5.74, 6) is 0.130. The number of amides is 1. The molecule has 1 heterocycles. The van der Waals surface area contributed by atoms with Crippen molar-refractivity contribution in [3.05, 3.63) is 29.3 Å². The van der Waals surface area contributed by atoms with Gasteiger partial charge in [0.1, 0.15) is 0 Å². The van der Waals surface area contributed by atoms with E-state index in [-0.39, 0.29) is 5.91 Å². The lowest BCUT2D eigenvalue weighted by Gasteiger charge is -2.33. The van der Waals surface area contributed by atoms with Gasteiger partial charge in [-0.3, -0.25) is 4.79 Å². The van der Waals surface area contributed by atoms with E-state index in [0.29, 0.717) is 11.7 Å². The second kappa shape index (κ2) is 7.75. The van der Waals surface area contributed by atoms with E-state index in [1.807, 2.05) is 11.9 Å². The normalized spacial score (nSPS) is 15.4. The van der Waals surface area contributed by atoms with Crippen LogP contribution in [0.3, 0.4) is 0 Å². The zero-order chi connectivity index (χ0) is 17.0. The van der Waals surface area contributed by atoms with Gasteiger partial charge in [-0.2, -0.15) is 0 Å². The van der Waals surface area contributed by atoms with E-state index >= 15 is 0 Å². The first kappa shape index (κ1) is 17.7. The van der Waals surface area contributed by atoms with Crippen molar-refractivity contribution in [3.8, 4) is 0 Å². The minimum Gasteiger partial charge on any atom is -0.343 e. The lowest BCUT2D eigenvalue weighted by atomic mass is 10.1. The molecule has 23 heavy (non-hydrogen) atoms. The molecule has 0 aliphatic carbocycles. The van der Waals surface area contributed by atoms with Crippen LogP contribution in [0.25, 0.3) is 0 Å². The molecule has 1 aliphatic heterocycles. The van der Waals surface area contributed by atoms with Gasteiger partial charge in [0.25, 0.3) is 0 Å². The third-order valence-corrected chi connectivity index (χ3v) is 4.46. The minimum absolute atomic E-state index is 0.130. The number of piperazine rings is 1. The molecule has 2 rings (SSSR count). The molecule has 5 nitrogen and oxygen atoms in total. The van der Waals surface area contributed by atoms with Gasteiger partial charge in [0, 0.05) is 38.9 Å². The van der Waals surface area contributed by atoms with Crippen LogP contribution in [0, 0.1) is 13.8 Å². The van der Waals surface area contributed by atoms with Crippen molar-refractivity contribution in [2.45, 2.75) is 13.8 Å². The average molecular weight is 334 g/mol. The average Bonchev–Trinajstić information content (AvgIpc) is 2.46. The summed E-state index contributed by atoms with van der Waals surface area (Å²) < 4.78 is 0. The highest BCUT2D eigenvalue weighted by Gasteiger charge is 2.20. The van der Waals surface area contributed by atoms with Crippen LogP contribution in [0.2, 0.25) is 0 Å². The monoisotopic (exact) mass is 334 g/mol. The third kappa shape index (κ3) is 5.18. The number of nitrogens with zero attached hydrogens (tertiary/aromatic N) is 3. The molecule has 1 saturated heterocycles. The number of benzene rings is 1. The van der Waals surface area contributed by atoms with Crippen molar-refractivity contribution in [2.24, 2.45) is 0 Å². The molecule has 0 spiro atoms. The van der Waals surface area contributed by atoms with Crippen molar-refractivity contribution < 1.29 is 4.79 Å². The number of hydrogen-bond donors (Lipinski definition) is 1. The highest BCUT2D eigenvalue weighted by Crippen LogP contribution is 2.14. The van der Waals surface area contributed by atoms with Crippen LogP contribution >= 0.6 is 12.2 Å². The summed E-state index contributed by atoms with van der Waals surface area (Å²) >= 11 is 5.42. The molecule has 1 amide bonds. The van der Waals surface area contributed by atoms with Crippen LogP contribution in [0.15, 0.2) is 18.2 Å². The Hall–Kier alpha value is -1.66. The fraction of sp³-hybridized carbons (Fsp3) is 0.529. The quantitative estimate of drug-likeness (QED) is 0.852. The molecule has 1 aliphatic rings. The summed E-state index contributed by atoms with van der Waals surface area (Å²) in [6.07, 6.45) is 0. The topological polar surface area (TPSA) is 38.8 Å². The van der Waals surface area contributed by atoms with Crippen molar-refractivity contribution >= 4 is 28.9 Å². The van der Waals surface area contributed by atoms with E-state index in [4.69, 9.17) is 12.2 Å². The Morgan fingerprint density at radius 2 is 1.74 bits per heavy atom. The molecule has 0 saturated carbocycles. The van der Waals surface area contributed by atoms with Gasteiger partial charge in [-0.15, -0.1) is 0 Å². The fourth-order valence-corrected chi connectivity index (χ4v) is 2.88. The molecule has 126 valence electrons. The van der Waals surface area contributed by atoms with Crippen molar-refractivity contribution in [3.63, 3.8) is 0 Å². The summed E-state index contributed by atoms with van der Waals surface area (Å²) in [6.45, 7) is 7.87. The summed E-state index contributed by atoms with van der Waals surface area (Å²) in [5, 5.41) is 3.78. The third-order valence-electron chi connectivity index (χ3n) is 4.05. The number of anilines is 1. The Labute approximate surface area is 144 Å². The van der Waals surface area contributed by atoms with Gasteiger partial charge in [0.05, 0.1) is 6.54 Å². The number of hydrogen-bond acceptors (Lipinski definition) is 3. The van der Waals surface area contributed by atoms with Crippen LogP contribution in [-0.4, -0.2) is 72.5 Å². The van der Waals surface area contributed by atoms with Gasteiger partial charge < -0.3 is 20.0 Å². The molecule has 6 heteroatoms. The molecule has 0 atom stereocenters. The van der Waals surface area contributed by atoms with E-state index in [1.54, 1.807) is 4.90 Å². The Bertz CT molecular complexity index is 562. The van der Waals surface area contributed by atoms with Gasteiger partial charge in [-0.1, -0.05) is 6.07 Å². The highest BCUT2D eigenvalue weighted by atomic mass is 32.1. The summed E-state index contributed by atoms with van der Waals surface area (Å²) in [4.78, 5) is 18.3. The maximum Gasteiger partial charge on any atom is 0.242 e. The SMILES string of the molecule is Cc1cc(C)cc(NC(=S)N(C)CC(=O)N2CCN(C)CC2)c1. The number of rotatable bonds is 3. The first-order chi connectivity index (χ1) is 10.8. The fourth-order valence-electron chi connectivity index (χ4n) is 2.70. The van der Waals surface area contributed by atoms with E-state index < -0.39 is 0 Å². The lowest BCUT2D eigenvalue weighted by Crippen LogP contribution is -2.50. The van der Waals surface area contributed by atoms with Crippen molar-refractivity contribution in [2.75, 3.05) is 52.1 Å². The van der Waals surface area contributed by atoms with Gasteiger partial charge in [0.2, 0.25) is 5.91 Å². The Kier molecular flexibility index (Phi) is 5.96. The van der Waals surface area contributed by atoms with Crippen LogP contribution in [0.5, 0.6) is 0 Å². The lowest BCUT2D eigenvalue weighted by molar-refractivity contribution is -0.132. The highest BCUT2D eigenvalue weighted by molar-refractivity contribution is 7.80. The van der Waals surface area contributed by atoms with Crippen LogP contribution in [0.1, 0.15) is 11.1 Å². The van der Waals surface area contributed by atoms with E-state index in [2.05, 4.69) is 49.3 Å². The smallest absolute Gasteiger partial charge is 0.242 e. The van der Waals surface area contributed by atoms with Gasteiger partial charge in [-0.05, 0) is 56.4 Å². The molecule has 1 fully saturated rings. The van der Waals surface area contributed by atoms with Crippen molar-refractivity contribution in [1.29, 1.82) is 0 Å². The first-order valence-corrected chi connectivity index (χ1v) is 8.32.